The van der Waals surface area contributed by atoms with E-state index in [1.165, 1.54) is 0 Å². The first kappa shape index (κ1) is 29.7. The molecule has 1 saturated carbocycles. The molecule has 10 heteroatoms. The first-order chi connectivity index (χ1) is 17.9. The van der Waals surface area contributed by atoms with Gasteiger partial charge in [-0.15, -0.1) is 0 Å². The van der Waals surface area contributed by atoms with Gasteiger partial charge < -0.3 is 19.7 Å². The van der Waals surface area contributed by atoms with E-state index in [0.29, 0.717) is 42.5 Å². The van der Waals surface area contributed by atoms with E-state index in [1.54, 1.807) is 27.5 Å². The number of aryl methyl sites for hydroxylation is 1. The Morgan fingerprint density at radius 2 is 1.82 bits per heavy atom. The average molecular weight is 532 g/mol. The van der Waals surface area contributed by atoms with Crippen LogP contribution in [0.3, 0.4) is 0 Å². The Labute approximate surface area is 226 Å². The van der Waals surface area contributed by atoms with Gasteiger partial charge in [-0.05, 0) is 49.1 Å². The Bertz CT molecular complexity index is 981. The van der Waals surface area contributed by atoms with Crippen LogP contribution in [0.1, 0.15) is 82.6 Å². The van der Waals surface area contributed by atoms with Crippen LogP contribution in [0, 0.1) is 17.3 Å². The second-order valence-corrected chi connectivity index (χ2v) is 12.0. The minimum atomic E-state index is -0.844. The molecule has 2 N–H and O–H groups in total. The van der Waals surface area contributed by atoms with Gasteiger partial charge in [-0.2, -0.15) is 0 Å². The zero-order valence-corrected chi connectivity index (χ0v) is 23.6. The molecule has 0 radical (unpaired) electrons. The number of likely N-dealkylation sites (tertiary alicyclic amines) is 1. The van der Waals surface area contributed by atoms with Gasteiger partial charge in [0.1, 0.15) is 17.9 Å². The molecular weight excluding hydrogens is 486 g/mol. The molecule has 2 heterocycles. The summed E-state index contributed by atoms with van der Waals surface area (Å²) in [6.07, 6.45) is 8.96. The Kier molecular flexibility index (Phi) is 9.98. The van der Waals surface area contributed by atoms with E-state index < -0.39 is 23.5 Å². The molecular formula is C28H45N5O5. The fraction of sp³-hybridized carbons (Fsp3) is 0.714. The maximum absolute atomic E-state index is 13.9. The van der Waals surface area contributed by atoms with E-state index in [0.717, 1.165) is 38.5 Å². The minimum absolute atomic E-state index is 0.117. The molecule has 1 aromatic heterocycles. The Balaban J connectivity index is 1.79. The molecule has 0 spiro atoms. The van der Waals surface area contributed by atoms with Crippen LogP contribution in [-0.2, 0) is 21.4 Å². The maximum Gasteiger partial charge on any atom is 0.272 e. The van der Waals surface area contributed by atoms with Gasteiger partial charge in [0, 0.05) is 26.8 Å². The molecule has 2 aliphatic rings. The van der Waals surface area contributed by atoms with Crippen molar-refractivity contribution < 1.29 is 24.4 Å². The highest BCUT2D eigenvalue weighted by molar-refractivity contribution is 5.94. The van der Waals surface area contributed by atoms with Gasteiger partial charge in [0.2, 0.25) is 18.2 Å². The molecule has 212 valence electrons. The van der Waals surface area contributed by atoms with Crippen LogP contribution in [-0.4, -0.2) is 81.1 Å². The number of likely N-dealkylation sites (N-methyl/N-ethyl adjacent to an activating group) is 1. The molecule has 10 nitrogen and oxygen atoms in total. The normalized spacial score (nSPS) is 20.1. The molecule has 1 aromatic rings. The molecule has 0 bridgehead atoms. The SMILES string of the molecule is CN(C(=O)[C@@H](NC(=O)[C@H](CC1CCCC1)CN(O)C=O)C(C)(C)C)C1CCCCN1C(=O)c1cccn1C. The molecule has 3 atom stereocenters. The lowest BCUT2D eigenvalue weighted by molar-refractivity contribution is -0.156. The van der Waals surface area contributed by atoms with Crippen molar-refractivity contribution >= 4 is 24.1 Å². The summed E-state index contributed by atoms with van der Waals surface area (Å²) in [5.41, 5.74) is -0.0405. The van der Waals surface area contributed by atoms with Crippen LogP contribution in [0.4, 0.5) is 0 Å². The highest BCUT2D eigenvalue weighted by Crippen LogP contribution is 2.31. The molecule has 0 aromatic carbocycles. The molecule has 2 fully saturated rings. The predicted molar refractivity (Wildman–Crippen MR) is 143 cm³/mol. The summed E-state index contributed by atoms with van der Waals surface area (Å²) in [5.74, 6) is -0.997. The second kappa shape index (κ2) is 12.8. The smallest absolute Gasteiger partial charge is 0.272 e. The lowest BCUT2D eigenvalue weighted by atomic mass is 9.84. The van der Waals surface area contributed by atoms with Gasteiger partial charge in [0.15, 0.2) is 0 Å². The van der Waals surface area contributed by atoms with Crippen molar-refractivity contribution in [1.82, 2.24) is 24.7 Å². The van der Waals surface area contributed by atoms with Crippen LogP contribution in [0.25, 0.3) is 0 Å². The van der Waals surface area contributed by atoms with Crippen molar-refractivity contribution in [1.29, 1.82) is 0 Å². The molecule has 1 unspecified atom stereocenters. The number of piperidine rings is 1. The van der Waals surface area contributed by atoms with Gasteiger partial charge in [0.25, 0.3) is 5.91 Å². The number of aromatic nitrogens is 1. The Morgan fingerprint density at radius 3 is 2.39 bits per heavy atom. The van der Waals surface area contributed by atoms with E-state index in [9.17, 15) is 24.4 Å². The zero-order valence-electron chi connectivity index (χ0n) is 23.6. The number of hydrogen-bond donors (Lipinski definition) is 2. The van der Waals surface area contributed by atoms with Crippen molar-refractivity contribution in [2.45, 2.75) is 84.3 Å². The van der Waals surface area contributed by atoms with E-state index in [-0.39, 0.29) is 24.3 Å². The summed E-state index contributed by atoms with van der Waals surface area (Å²) in [6, 6.07) is 2.76. The van der Waals surface area contributed by atoms with Crippen LogP contribution >= 0.6 is 0 Å². The zero-order chi connectivity index (χ0) is 28.0. The molecule has 1 aliphatic heterocycles. The number of nitrogens with zero attached hydrogens (tertiary/aromatic N) is 4. The van der Waals surface area contributed by atoms with Crippen LogP contribution in [0.2, 0.25) is 0 Å². The molecule has 3 rings (SSSR count). The third kappa shape index (κ3) is 7.15. The standard InChI is InChI=1S/C28H45N5O5/c1-28(2,3)24(29-25(35)21(18-32(38)19-34)17-20-11-6-7-12-20)27(37)31(5)23-14-8-9-16-33(23)26(36)22-13-10-15-30(22)4/h10,13,15,19-21,23-24,38H,6-9,11-12,14,16-18H2,1-5H3,(H,29,35)/t21-,23?,24-/m1/s1. The van der Waals surface area contributed by atoms with E-state index in [2.05, 4.69) is 5.32 Å². The topological polar surface area (TPSA) is 115 Å². The van der Waals surface area contributed by atoms with E-state index >= 15 is 0 Å². The van der Waals surface area contributed by atoms with E-state index in [1.807, 2.05) is 40.1 Å². The predicted octanol–water partition coefficient (Wildman–Crippen LogP) is 3.01. The minimum Gasteiger partial charge on any atom is -0.347 e. The summed E-state index contributed by atoms with van der Waals surface area (Å²) in [6.45, 7) is 6.13. The molecule has 38 heavy (non-hydrogen) atoms. The van der Waals surface area contributed by atoms with Crippen molar-refractivity contribution in [3.63, 3.8) is 0 Å². The van der Waals surface area contributed by atoms with Gasteiger partial charge in [-0.1, -0.05) is 46.5 Å². The number of rotatable bonds is 10. The molecule has 1 saturated heterocycles. The summed E-state index contributed by atoms with van der Waals surface area (Å²) in [4.78, 5) is 55.3. The number of hydroxylamine groups is 2. The lowest BCUT2D eigenvalue weighted by Gasteiger charge is -2.43. The van der Waals surface area contributed by atoms with Crippen molar-refractivity contribution in [2.24, 2.45) is 24.3 Å². The first-order valence-corrected chi connectivity index (χ1v) is 13.8. The highest BCUT2D eigenvalue weighted by atomic mass is 16.5. The van der Waals surface area contributed by atoms with Gasteiger partial charge in [-0.25, -0.2) is 5.06 Å². The highest BCUT2D eigenvalue weighted by Gasteiger charge is 2.41. The monoisotopic (exact) mass is 531 g/mol. The molecule has 1 aliphatic carbocycles. The van der Waals surface area contributed by atoms with Crippen LogP contribution in [0.5, 0.6) is 0 Å². The number of carbonyl (C=O) groups excluding carboxylic acids is 4. The van der Waals surface area contributed by atoms with Crippen molar-refractivity contribution in [3.8, 4) is 0 Å². The molecule has 4 amide bonds. The summed E-state index contributed by atoms with van der Waals surface area (Å²) < 4.78 is 1.78. The number of hydrogen-bond acceptors (Lipinski definition) is 5. The van der Waals surface area contributed by atoms with Gasteiger partial charge >= 0.3 is 0 Å². The Hall–Kier alpha value is -2.88. The van der Waals surface area contributed by atoms with Crippen LogP contribution in [0.15, 0.2) is 18.3 Å². The largest absolute Gasteiger partial charge is 0.347 e. The summed E-state index contributed by atoms with van der Waals surface area (Å²) >= 11 is 0. The van der Waals surface area contributed by atoms with Crippen molar-refractivity contribution in [2.75, 3.05) is 20.1 Å². The average Bonchev–Trinajstić information content (AvgIpc) is 3.56. The second-order valence-electron chi connectivity index (χ2n) is 12.0. The fourth-order valence-corrected chi connectivity index (χ4v) is 5.83. The maximum atomic E-state index is 13.9. The van der Waals surface area contributed by atoms with Crippen molar-refractivity contribution in [3.05, 3.63) is 24.0 Å². The van der Waals surface area contributed by atoms with E-state index in [4.69, 9.17) is 0 Å². The fourth-order valence-electron chi connectivity index (χ4n) is 5.83. The van der Waals surface area contributed by atoms with Crippen LogP contribution < -0.4 is 5.32 Å². The van der Waals surface area contributed by atoms with Gasteiger partial charge in [0.05, 0.1) is 12.5 Å². The third-order valence-corrected chi connectivity index (χ3v) is 8.08. The Morgan fingerprint density at radius 1 is 1.16 bits per heavy atom. The quantitative estimate of drug-likeness (QED) is 0.274. The third-order valence-electron chi connectivity index (χ3n) is 8.08. The first-order valence-electron chi connectivity index (χ1n) is 13.8. The number of carbonyl (C=O) groups is 4. The van der Waals surface area contributed by atoms with Gasteiger partial charge in [-0.3, -0.25) is 24.4 Å². The lowest BCUT2D eigenvalue weighted by Crippen LogP contribution is -2.61. The number of amides is 4. The summed E-state index contributed by atoms with van der Waals surface area (Å²) in [5, 5.41) is 13.3. The number of nitrogens with one attached hydrogen (secondary N) is 1. The summed E-state index contributed by atoms with van der Waals surface area (Å²) in [7, 11) is 3.53.